The summed E-state index contributed by atoms with van der Waals surface area (Å²) in [6, 6.07) is 4.56. The average molecular weight is 263 g/mol. The molecular formula is C15H21NO3. The molecule has 19 heavy (non-hydrogen) atoms. The molecule has 1 saturated carbocycles. The Morgan fingerprint density at radius 3 is 2.79 bits per heavy atom. The van der Waals surface area contributed by atoms with Crippen molar-refractivity contribution in [3.05, 3.63) is 23.8 Å². The van der Waals surface area contributed by atoms with Gasteiger partial charge in [0, 0.05) is 6.04 Å². The van der Waals surface area contributed by atoms with Crippen molar-refractivity contribution < 1.29 is 15.0 Å². The average Bonchev–Trinajstić information content (AvgIpc) is 2.31. The number of nitrogens with one attached hydrogen (secondary N) is 1. The van der Waals surface area contributed by atoms with E-state index in [0.29, 0.717) is 0 Å². The van der Waals surface area contributed by atoms with Crippen LogP contribution >= 0.6 is 0 Å². The van der Waals surface area contributed by atoms with Gasteiger partial charge in [-0.25, -0.2) is 0 Å². The third-order valence-electron chi connectivity index (χ3n) is 3.80. The number of rotatable bonds is 2. The number of para-hydroxylation sites is 1. The van der Waals surface area contributed by atoms with Crippen LogP contribution in [0.2, 0.25) is 0 Å². The van der Waals surface area contributed by atoms with Gasteiger partial charge in [0.2, 0.25) is 0 Å². The molecule has 104 valence electrons. The number of hydrogen-bond acceptors (Lipinski definition) is 3. The van der Waals surface area contributed by atoms with Crippen LogP contribution in [-0.4, -0.2) is 22.2 Å². The van der Waals surface area contributed by atoms with E-state index in [9.17, 15) is 15.0 Å². The highest BCUT2D eigenvalue weighted by Crippen LogP contribution is 2.35. The lowest BCUT2D eigenvalue weighted by Crippen LogP contribution is -2.40. The first-order valence-corrected chi connectivity index (χ1v) is 6.71. The zero-order valence-electron chi connectivity index (χ0n) is 11.4. The quantitative estimate of drug-likeness (QED) is 0.719. The lowest BCUT2D eigenvalue weighted by molar-refractivity contribution is 0.0899. The van der Waals surface area contributed by atoms with Gasteiger partial charge in [-0.2, -0.15) is 0 Å². The molecule has 4 nitrogen and oxygen atoms in total. The fourth-order valence-corrected chi connectivity index (χ4v) is 2.80. The molecule has 1 aliphatic rings. The van der Waals surface area contributed by atoms with E-state index in [0.717, 1.165) is 19.3 Å². The molecule has 0 radical (unpaired) electrons. The fraction of sp³-hybridized carbons (Fsp3) is 0.533. The van der Waals surface area contributed by atoms with E-state index in [1.807, 2.05) is 0 Å². The Morgan fingerprint density at radius 1 is 1.37 bits per heavy atom. The predicted octanol–water partition coefficient (Wildman–Crippen LogP) is 2.80. The molecule has 2 rings (SSSR count). The van der Waals surface area contributed by atoms with Crippen LogP contribution in [0.1, 0.15) is 49.9 Å². The molecule has 4 heteroatoms. The number of phenolic OH excluding ortho intramolecular Hbond substituents is 2. The van der Waals surface area contributed by atoms with E-state index in [1.165, 1.54) is 18.6 Å². The van der Waals surface area contributed by atoms with Gasteiger partial charge in [0.05, 0.1) is 5.56 Å². The fourth-order valence-electron chi connectivity index (χ4n) is 2.80. The summed E-state index contributed by atoms with van der Waals surface area (Å²) in [6.07, 6.45) is 4.19. The van der Waals surface area contributed by atoms with Gasteiger partial charge in [0.25, 0.3) is 5.91 Å². The second-order valence-corrected chi connectivity index (χ2v) is 6.10. The van der Waals surface area contributed by atoms with Gasteiger partial charge in [0.15, 0.2) is 11.5 Å². The van der Waals surface area contributed by atoms with Crippen molar-refractivity contribution in [1.29, 1.82) is 0 Å². The molecule has 0 aliphatic heterocycles. The summed E-state index contributed by atoms with van der Waals surface area (Å²) in [5.74, 6) is -0.942. The summed E-state index contributed by atoms with van der Waals surface area (Å²) in [4.78, 5) is 12.1. The third-order valence-corrected chi connectivity index (χ3v) is 3.80. The number of aromatic hydroxyl groups is 2. The number of carbonyl (C=O) groups is 1. The topological polar surface area (TPSA) is 69.6 Å². The van der Waals surface area contributed by atoms with Crippen molar-refractivity contribution in [2.24, 2.45) is 5.41 Å². The third kappa shape index (κ3) is 3.19. The maximum absolute atomic E-state index is 12.1. The summed E-state index contributed by atoms with van der Waals surface area (Å²) in [5.41, 5.74) is 0.375. The molecule has 1 aliphatic carbocycles. The maximum Gasteiger partial charge on any atom is 0.255 e. The van der Waals surface area contributed by atoms with Gasteiger partial charge in [0.1, 0.15) is 0 Å². The minimum absolute atomic E-state index is 0.128. The Labute approximate surface area is 113 Å². The lowest BCUT2D eigenvalue weighted by Gasteiger charge is -2.35. The van der Waals surface area contributed by atoms with Crippen molar-refractivity contribution in [2.45, 2.75) is 45.6 Å². The second kappa shape index (κ2) is 5.11. The SMILES string of the molecule is CC1(C)CCCC(NC(=O)c2cccc(O)c2O)C1. The maximum atomic E-state index is 12.1. The van der Waals surface area contributed by atoms with Gasteiger partial charge in [-0.3, -0.25) is 4.79 Å². The van der Waals surface area contributed by atoms with Crippen LogP contribution in [0.4, 0.5) is 0 Å². The smallest absolute Gasteiger partial charge is 0.255 e. The Bertz CT molecular complexity index is 482. The van der Waals surface area contributed by atoms with Crippen molar-refractivity contribution in [3.8, 4) is 11.5 Å². The van der Waals surface area contributed by atoms with Gasteiger partial charge in [-0.05, 0) is 36.8 Å². The molecular weight excluding hydrogens is 242 g/mol. The number of amides is 1. The van der Waals surface area contributed by atoms with E-state index in [4.69, 9.17) is 0 Å². The summed E-state index contributed by atoms with van der Waals surface area (Å²) in [6.45, 7) is 4.41. The Morgan fingerprint density at radius 2 is 2.11 bits per heavy atom. The molecule has 1 unspecified atom stereocenters. The number of hydrogen-bond donors (Lipinski definition) is 3. The molecule has 1 fully saturated rings. The Kier molecular flexibility index (Phi) is 3.69. The summed E-state index contributed by atoms with van der Waals surface area (Å²) in [7, 11) is 0. The predicted molar refractivity (Wildman–Crippen MR) is 73.3 cm³/mol. The normalized spacial score (nSPS) is 21.9. The molecule has 0 saturated heterocycles. The number of phenols is 2. The van der Waals surface area contributed by atoms with E-state index >= 15 is 0 Å². The summed E-state index contributed by atoms with van der Waals surface area (Å²) >= 11 is 0. The zero-order valence-corrected chi connectivity index (χ0v) is 11.4. The van der Waals surface area contributed by atoms with Crippen molar-refractivity contribution in [3.63, 3.8) is 0 Å². The zero-order chi connectivity index (χ0) is 14.0. The highest BCUT2D eigenvalue weighted by atomic mass is 16.3. The molecule has 3 N–H and O–H groups in total. The minimum Gasteiger partial charge on any atom is -0.504 e. The second-order valence-electron chi connectivity index (χ2n) is 6.10. The van der Waals surface area contributed by atoms with Crippen molar-refractivity contribution in [1.82, 2.24) is 5.32 Å². The molecule has 0 aromatic heterocycles. The number of benzene rings is 1. The minimum atomic E-state index is -0.352. The van der Waals surface area contributed by atoms with Crippen LogP contribution in [0.3, 0.4) is 0 Å². The van der Waals surface area contributed by atoms with Gasteiger partial charge < -0.3 is 15.5 Å². The van der Waals surface area contributed by atoms with Crippen LogP contribution in [0, 0.1) is 5.41 Å². The largest absolute Gasteiger partial charge is 0.504 e. The van der Waals surface area contributed by atoms with Gasteiger partial charge in [-0.15, -0.1) is 0 Å². The van der Waals surface area contributed by atoms with E-state index in [2.05, 4.69) is 19.2 Å². The highest BCUT2D eigenvalue weighted by molar-refractivity contribution is 5.97. The van der Waals surface area contributed by atoms with Crippen molar-refractivity contribution >= 4 is 5.91 Å². The van der Waals surface area contributed by atoms with Crippen molar-refractivity contribution in [2.75, 3.05) is 0 Å². The van der Waals surface area contributed by atoms with Crippen LogP contribution in [0.25, 0.3) is 0 Å². The summed E-state index contributed by atoms with van der Waals surface area (Å²) < 4.78 is 0. The molecule has 1 amide bonds. The van der Waals surface area contributed by atoms with E-state index < -0.39 is 0 Å². The molecule has 1 aromatic carbocycles. The first-order chi connectivity index (χ1) is 8.89. The van der Waals surface area contributed by atoms with Crippen LogP contribution in [-0.2, 0) is 0 Å². The lowest BCUT2D eigenvalue weighted by atomic mass is 9.75. The van der Waals surface area contributed by atoms with E-state index in [1.54, 1.807) is 6.07 Å². The molecule has 1 atom stereocenters. The highest BCUT2D eigenvalue weighted by Gasteiger charge is 2.29. The van der Waals surface area contributed by atoms with E-state index in [-0.39, 0.29) is 34.4 Å². The Hall–Kier alpha value is -1.71. The molecule has 0 bridgehead atoms. The van der Waals surface area contributed by atoms with Crippen LogP contribution in [0.5, 0.6) is 11.5 Å². The van der Waals surface area contributed by atoms with Gasteiger partial charge in [-0.1, -0.05) is 26.3 Å². The monoisotopic (exact) mass is 263 g/mol. The Balaban J connectivity index is 2.07. The van der Waals surface area contributed by atoms with Crippen LogP contribution < -0.4 is 5.32 Å². The number of carbonyl (C=O) groups excluding carboxylic acids is 1. The molecule has 0 heterocycles. The van der Waals surface area contributed by atoms with Crippen LogP contribution in [0.15, 0.2) is 18.2 Å². The van der Waals surface area contributed by atoms with Gasteiger partial charge >= 0.3 is 0 Å². The first-order valence-electron chi connectivity index (χ1n) is 6.71. The first kappa shape index (κ1) is 13.7. The standard InChI is InChI=1S/C15H21NO3/c1-15(2)8-4-5-10(9-15)16-14(19)11-6-3-7-12(17)13(11)18/h3,6-7,10,17-18H,4-5,8-9H2,1-2H3,(H,16,19). The molecule has 1 aromatic rings. The summed E-state index contributed by atoms with van der Waals surface area (Å²) in [5, 5.41) is 22.0. The molecule has 0 spiro atoms.